The lowest BCUT2D eigenvalue weighted by atomic mass is 9.98. The smallest absolute Gasteiger partial charge is 0.216 e. The molecule has 1 saturated heterocycles. The number of thiophene rings is 1. The Kier molecular flexibility index (Phi) is 4.84. The lowest BCUT2D eigenvalue weighted by molar-refractivity contribution is -0.119. The molecule has 1 unspecified atom stereocenters. The number of fused-ring (bicyclic) bond motifs is 1. The summed E-state index contributed by atoms with van der Waals surface area (Å²) in [6, 6.07) is 12.6. The number of nitrogens with one attached hydrogen (secondary N) is 1. The van der Waals surface area contributed by atoms with Gasteiger partial charge in [-0.1, -0.05) is 30.3 Å². The van der Waals surface area contributed by atoms with Gasteiger partial charge in [0.1, 0.15) is 17.0 Å². The quantitative estimate of drug-likeness (QED) is 0.765. The number of rotatable bonds is 4. The van der Waals surface area contributed by atoms with Crippen molar-refractivity contribution < 1.29 is 4.79 Å². The molecule has 0 aliphatic carbocycles. The molecule has 1 N–H and O–H groups in total. The number of carbonyl (C=O) groups excluding carboxylic acids is 1. The van der Waals surface area contributed by atoms with E-state index in [1.807, 2.05) is 6.07 Å². The maximum atomic E-state index is 11.2. The highest BCUT2D eigenvalue weighted by Crippen LogP contribution is 2.36. The molecule has 3 heterocycles. The van der Waals surface area contributed by atoms with Gasteiger partial charge in [-0.25, -0.2) is 9.97 Å². The molecule has 0 bridgehead atoms. The van der Waals surface area contributed by atoms with E-state index in [0.29, 0.717) is 5.92 Å². The fourth-order valence-corrected chi connectivity index (χ4v) is 4.55. The van der Waals surface area contributed by atoms with Gasteiger partial charge in [-0.15, -0.1) is 11.3 Å². The number of carbonyl (C=O) groups is 1. The molecule has 0 spiro atoms. The average Bonchev–Trinajstić information content (AvgIpc) is 3.11. The molecule has 6 heteroatoms. The summed E-state index contributed by atoms with van der Waals surface area (Å²) >= 11 is 1.71. The molecule has 2 aromatic heterocycles. The van der Waals surface area contributed by atoms with Crippen LogP contribution in [0, 0.1) is 5.92 Å². The summed E-state index contributed by atoms with van der Waals surface area (Å²) < 4.78 is 0. The van der Waals surface area contributed by atoms with E-state index in [4.69, 9.17) is 0 Å². The molecule has 1 fully saturated rings. The predicted molar refractivity (Wildman–Crippen MR) is 106 cm³/mol. The van der Waals surface area contributed by atoms with Crippen molar-refractivity contribution >= 4 is 33.3 Å². The molecule has 1 aromatic carbocycles. The Balaban J connectivity index is 1.62. The van der Waals surface area contributed by atoms with Crippen LogP contribution in [0.15, 0.2) is 42.7 Å². The van der Waals surface area contributed by atoms with Gasteiger partial charge in [-0.3, -0.25) is 4.79 Å². The van der Waals surface area contributed by atoms with Crippen molar-refractivity contribution in [3.8, 4) is 10.4 Å². The van der Waals surface area contributed by atoms with Gasteiger partial charge in [0.25, 0.3) is 0 Å². The zero-order valence-electron chi connectivity index (χ0n) is 14.8. The first-order chi connectivity index (χ1) is 12.7. The van der Waals surface area contributed by atoms with Crippen molar-refractivity contribution in [1.29, 1.82) is 0 Å². The summed E-state index contributed by atoms with van der Waals surface area (Å²) in [4.78, 5) is 24.9. The Morgan fingerprint density at radius 3 is 2.96 bits per heavy atom. The van der Waals surface area contributed by atoms with Crippen LogP contribution in [0.2, 0.25) is 0 Å². The first kappa shape index (κ1) is 17.0. The van der Waals surface area contributed by atoms with Crippen LogP contribution in [0.3, 0.4) is 0 Å². The number of amides is 1. The minimum absolute atomic E-state index is 0.0388. The zero-order chi connectivity index (χ0) is 17.9. The number of nitrogens with zero attached hydrogens (tertiary/aromatic N) is 3. The van der Waals surface area contributed by atoms with Crippen LogP contribution in [0.4, 0.5) is 5.82 Å². The van der Waals surface area contributed by atoms with Crippen LogP contribution in [-0.4, -0.2) is 35.5 Å². The van der Waals surface area contributed by atoms with E-state index in [-0.39, 0.29) is 5.91 Å². The number of hydrogen-bond acceptors (Lipinski definition) is 5. The summed E-state index contributed by atoms with van der Waals surface area (Å²) in [5.74, 6) is 1.52. The third-order valence-electron chi connectivity index (χ3n) is 4.82. The predicted octanol–water partition coefficient (Wildman–Crippen LogP) is 3.71. The van der Waals surface area contributed by atoms with Crippen molar-refractivity contribution in [2.45, 2.75) is 19.8 Å². The first-order valence-corrected chi connectivity index (χ1v) is 9.81. The number of anilines is 1. The molecule has 4 rings (SSSR count). The zero-order valence-corrected chi connectivity index (χ0v) is 15.6. The van der Waals surface area contributed by atoms with E-state index in [1.165, 1.54) is 10.4 Å². The molecule has 1 aliphatic rings. The summed E-state index contributed by atoms with van der Waals surface area (Å²) in [7, 11) is 0. The molecular weight excluding hydrogens is 344 g/mol. The third kappa shape index (κ3) is 3.55. The van der Waals surface area contributed by atoms with E-state index < -0.39 is 0 Å². The van der Waals surface area contributed by atoms with Crippen LogP contribution in [0.1, 0.15) is 19.8 Å². The highest BCUT2D eigenvalue weighted by Gasteiger charge is 2.23. The molecule has 1 aliphatic heterocycles. The average molecular weight is 366 g/mol. The topological polar surface area (TPSA) is 58.1 Å². The fourth-order valence-electron chi connectivity index (χ4n) is 3.55. The van der Waals surface area contributed by atoms with E-state index in [9.17, 15) is 4.79 Å². The maximum absolute atomic E-state index is 11.2. The Hall–Kier alpha value is -2.47. The molecule has 1 atom stereocenters. The second-order valence-corrected chi connectivity index (χ2v) is 7.81. The monoisotopic (exact) mass is 366 g/mol. The molecule has 5 nitrogen and oxygen atoms in total. The van der Waals surface area contributed by atoms with Crippen LogP contribution >= 0.6 is 11.3 Å². The molecule has 26 heavy (non-hydrogen) atoms. The Bertz CT molecular complexity index is 909. The summed E-state index contributed by atoms with van der Waals surface area (Å²) in [5.41, 5.74) is 1.21. The summed E-state index contributed by atoms with van der Waals surface area (Å²) in [6.07, 6.45) is 3.93. The first-order valence-electron chi connectivity index (χ1n) is 9.00. The minimum Gasteiger partial charge on any atom is -0.356 e. The van der Waals surface area contributed by atoms with Crippen LogP contribution in [0.5, 0.6) is 0 Å². The molecule has 0 saturated carbocycles. The fraction of sp³-hybridized carbons (Fsp3) is 0.350. The van der Waals surface area contributed by atoms with Gasteiger partial charge in [0.2, 0.25) is 5.91 Å². The highest BCUT2D eigenvalue weighted by molar-refractivity contribution is 7.21. The van der Waals surface area contributed by atoms with Gasteiger partial charge < -0.3 is 10.2 Å². The Labute approximate surface area is 157 Å². The second kappa shape index (κ2) is 7.41. The van der Waals surface area contributed by atoms with Crippen molar-refractivity contribution in [2.24, 2.45) is 5.92 Å². The number of piperidine rings is 1. The standard InChI is InChI=1S/C20H22N4OS/c1-14(25)21-11-15-6-5-9-24(12-15)19-17-10-18(16-7-3-2-4-8-16)26-20(17)23-13-22-19/h2-4,7-8,10,13,15H,5-6,9,11-12H2,1H3,(H,21,25). The number of benzene rings is 1. The van der Waals surface area contributed by atoms with Crippen LogP contribution in [-0.2, 0) is 4.79 Å². The molecule has 3 aromatic rings. The van der Waals surface area contributed by atoms with Gasteiger partial charge in [-0.05, 0) is 30.4 Å². The van der Waals surface area contributed by atoms with E-state index in [2.05, 4.69) is 50.5 Å². The van der Waals surface area contributed by atoms with Crippen LogP contribution in [0.25, 0.3) is 20.7 Å². The van der Waals surface area contributed by atoms with E-state index >= 15 is 0 Å². The highest BCUT2D eigenvalue weighted by atomic mass is 32.1. The van der Waals surface area contributed by atoms with Gasteiger partial charge in [0.05, 0.1) is 5.39 Å². The summed E-state index contributed by atoms with van der Waals surface area (Å²) in [6.45, 7) is 4.23. The molecule has 134 valence electrons. The minimum atomic E-state index is 0.0388. The van der Waals surface area contributed by atoms with Gasteiger partial charge in [0, 0.05) is 31.4 Å². The van der Waals surface area contributed by atoms with Crippen molar-refractivity contribution in [1.82, 2.24) is 15.3 Å². The lowest BCUT2D eigenvalue weighted by Crippen LogP contribution is -2.41. The second-order valence-electron chi connectivity index (χ2n) is 6.78. The van der Waals surface area contributed by atoms with Crippen molar-refractivity contribution in [3.63, 3.8) is 0 Å². The Morgan fingerprint density at radius 2 is 2.15 bits per heavy atom. The Morgan fingerprint density at radius 1 is 1.31 bits per heavy atom. The van der Waals surface area contributed by atoms with Gasteiger partial charge >= 0.3 is 0 Å². The largest absolute Gasteiger partial charge is 0.356 e. The number of hydrogen-bond donors (Lipinski definition) is 1. The molecule has 1 amide bonds. The van der Waals surface area contributed by atoms with Gasteiger partial charge in [0.15, 0.2) is 0 Å². The SMILES string of the molecule is CC(=O)NCC1CCCN(c2ncnc3sc(-c4ccccc4)cc23)C1. The van der Waals surface area contributed by atoms with Gasteiger partial charge in [-0.2, -0.15) is 0 Å². The van der Waals surface area contributed by atoms with Crippen molar-refractivity contribution in [3.05, 3.63) is 42.7 Å². The summed E-state index contributed by atoms with van der Waals surface area (Å²) in [5, 5.41) is 4.08. The maximum Gasteiger partial charge on any atom is 0.216 e. The van der Waals surface area contributed by atoms with Crippen molar-refractivity contribution in [2.75, 3.05) is 24.5 Å². The normalized spacial score (nSPS) is 17.4. The molecule has 0 radical (unpaired) electrons. The van der Waals surface area contributed by atoms with E-state index in [0.717, 1.165) is 48.5 Å². The van der Waals surface area contributed by atoms with E-state index in [1.54, 1.807) is 24.6 Å². The molecular formula is C20H22N4OS. The number of aromatic nitrogens is 2. The third-order valence-corrected chi connectivity index (χ3v) is 5.92. The lowest BCUT2D eigenvalue weighted by Gasteiger charge is -2.33. The van der Waals surface area contributed by atoms with Crippen LogP contribution < -0.4 is 10.2 Å².